The molecule has 2 aromatic carbocycles. The molecule has 4 rings (SSSR count). The molecule has 2 heterocycles. The van der Waals surface area contributed by atoms with Gasteiger partial charge in [-0.05, 0) is 28.4 Å². The lowest BCUT2D eigenvalue weighted by molar-refractivity contribution is -0.115. The molecule has 0 spiro atoms. The van der Waals surface area contributed by atoms with Crippen molar-refractivity contribution in [3.63, 3.8) is 0 Å². The van der Waals surface area contributed by atoms with Crippen LogP contribution in [0, 0.1) is 4.91 Å². The third kappa shape index (κ3) is 2.82. The number of allylic oxidation sites excluding steroid dienone is 1. The normalized spacial score (nSPS) is 18.8. The van der Waals surface area contributed by atoms with Gasteiger partial charge in [0, 0.05) is 18.1 Å². The quantitative estimate of drug-likeness (QED) is 0.834. The highest BCUT2D eigenvalue weighted by Crippen LogP contribution is 2.34. The van der Waals surface area contributed by atoms with E-state index in [1.807, 2.05) is 30.3 Å². The predicted octanol–water partition coefficient (Wildman–Crippen LogP) is 2.95. The number of phenolic OH excluding ortho intramolecular Hbond substituents is 1. The average Bonchev–Trinajstić information content (AvgIpc) is 3.01. The van der Waals surface area contributed by atoms with Crippen LogP contribution in [0.2, 0.25) is 0 Å². The van der Waals surface area contributed by atoms with Crippen molar-refractivity contribution in [1.29, 1.82) is 0 Å². The number of carbonyl (C=O) groups excluding carboxylic acids is 1. The van der Waals surface area contributed by atoms with Crippen molar-refractivity contribution in [2.24, 2.45) is 10.2 Å². The van der Waals surface area contributed by atoms with Crippen LogP contribution in [0.4, 0.5) is 0 Å². The fourth-order valence-electron chi connectivity index (χ4n) is 3.22. The zero-order chi connectivity index (χ0) is 18.1. The summed E-state index contributed by atoms with van der Waals surface area (Å²) in [6.07, 6.45) is 1.74. The van der Waals surface area contributed by atoms with E-state index in [2.05, 4.69) is 15.5 Å². The molecule has 0 fully saturated rings. The summed E-state index contributed by atoms with van der Waals surface area (Å²) in [4.78, 5) is 27.9. The van der Waals surface area contributed by atoms with Gasteiger partial charge in [0.1, 0.15) is 5.75 Å². The molecule has 0 saturated heterocycles. The number of nitroso groups, excluding NO2 is 1. The van der Waals surface area contributed by atoms with Crippen molar-refractivity contribution >= 4 is 17.1 Å². The second-order valence-electron chi connectivity index (χ2n) is 6.12. The monoisotopic (exact) mass is 345 g/mol. The van der Waals surface area contributed by atoms with Gasteiger partial charge in [0.05, 0.1) is 11.4 Å². The van der Waals surface area contributed by atoms with Crippen LogP contribution in [0.1, 0.15) is 11.1 Å². The molecule has 0 aliphatic carbocycles. The van der Waals surface area contributed by atoms with Crippen LogP contribution in [0.25, 0.3) is 5.57 Å². The Morgan fingerprint density at radius 1 is 1.08 bits per heavy atom. The van der Waals surface area contributed by atoms with Crippen molar-refractivity contribution in [3.8, 4) is 5.75 Å². The van der Waals surface area contributed by atoms with Crippen molar-refractivity contribution in [2.75, 3.05) is 0 Å². The molecule has 1 atom stereocenters. The summed E-state index contributed by atoms with van der Waals surface area (Å²) in [5.41, 5.74) is 3.95. The molecular formula is C20H15N3O3. The third-order valence-electron chi connectivity index (χ3n) is 4.40. The van der Waals surface area contributed by atoms with Crippen LogP contribution in [0.5, 0.6) is 5.75 Å². The maximum Gasteiger partial charge on any atom is 0.189 e. The van der Waals surface area contributed by atoms with Crippen molar-refractivity contribution in [3.05, 3.63) is 88.2 Å². The third-order valence-corrected chi connectivity index (χ3v) is 4.40. The number of nitrogens with zero attached hydrogens (tertiary/aromatic N) is 2. The van der Waals surface area contributed by atoms with E-state index in [4.69, 9.17) is 0 Å². The lowest BCUT2D eigenvalue weighted by Crippen LogP contribution is -2.32. The van der Waals surface area contributed by atoms with Gasteiger partial charge in [-0.25, -0.2) is 0 Å². The Kier molecular flexibility index (Phi) is 3.93. The lowest BCUT2D eigenvalue weighted by Gasteiger charge is -2.18. The van der Waals surface area contributed by atoms with E-state index in [1.54, 1.807) is 24.3 Å². The number of rotatable bonds is 4. The van der Waals surface area contributed by atoms with Crippen LogP contribution in [-0.2, 0) is 11.2 Å². The van der Waals surface area contributed by atoms with Gasteiger partial charge in [0.15, 0.2) is 17.6 Å². The topological polar surface area (TPSA) is 91.1 Å². The molecule has 2 aliphatic rings. The maximum absolute atomic E-state index is 12.4. The number of nitrogens with one attached hydrogen (secondary N) is 1. The fraction of sp³-hybridized carbons (Fsp3) is 0.100. The first-order valence-corrected chi connectivity index (χ1v) is 8.16. The molecule has 0 aromatic heterocycles. The molecule has 1 unspecified atom stereocenters. The number of hydrogen-bond acceptors (Lipinski definition) is 6. The van der Waals surface area contributed by atoms with Gasteiger partial charge in [-0.2, -0.15) is 0 Å². The first-order chi connectivity index (χ1) is 12.7. The average molecular weight is 345 g/mol. The summed E-state index contributed by atoms with van der Waals surface area (Å²) >= 11 is 0. The second kappa shape index (κ2) is 6.40. The number of carbonyl (C=O) groups is 1. The van der Waals surface area contributed by atoms with E-state index in [0.717, 1.165) is 22.4 Å². The molecule has 0 bridgehead atoms. The first kappa shape index (κ1) is 16.0. The Morgan fingerprint density at radius 3 is 2.50 bits per heavy atom. The number of benzene rings is 2. The molecule has 6 nitrogen and oxygen atoms in total. The van der Waals surface area contributed by atoms with Gasteiger partial charge in [-0.1, -0.05) is 42.5 Å². The van der Waals surface area contributed by atoms with E-state index in [0.29, 0.717) is 12.1 Å². The molecule has 0 amide bonds. The van der Waals surface area contributed by atoms with Crippen molar-refractivity contribution < 1.29 is 9.90 Å². The number of phenols is 1. The van der Waals surface area contributed by atoms with Gasteiger partial charge >= 0.3 is 0 Å². The molecule has 2 aliphatic heterocycles. The standard InChI is InChI=1S/C20H15N3O3/c24-14-8-6-13(7-9-14)18-15(10-12-4-2-1-3-5-12)21-19-16(25)11-17(23-26)22-20(18)19/h1-9,11,19,22,24H,10H2. The highest BCUT2D eigenvalue weighted by atomic mass is 16.3. The predicted molar refractivity (Wildman–Crippen MR) is 98.4 cm³/mol. The van der Waals surface area contributed by atoms with Gasteiger partial charge in [-0.15, -0.1) is 4.91 Å². The number of aliphatic imine (C=N–C) groups is 1. The Morgan fingerprint density at radius 2 is 1.81 bits per heavy atom. The Labute approximate surface area is 149 Å². The molecular weight excluding hydrogens is 330 g/mol. The Balaban J connectivity index is 1.82. The molecule has 128 valence electrons. The molecule has 2 N–H and O–H groups in total. The lowest BCUT2D eigenvalue weighted by atomic mass is 9.93. The van der Waals surface area contributed by atoms with Gasteiger partial charge < -0.3 is 10.4 Å². The van der Waals surface area contributed by atoms with Crippen LogP contribution >= 0.6 is 0 Å². The number of ketones is 1. The number of hydrogen-bond donors (Lipinski definition) is 2. The second-order valence-corrected chi connectivity index (χ2v) is 6.12. The van der Waals surface area contributed by atoms with Crippen molar-refractivity contribution in [1.82, 2.24) is 5.32 Å². The zero-order valence-corrected chi connectivity index (χ0v) is 13.7. The molecule has 0 radical (unpaired) electrons. The largest absolute Gasteiger partial charge is 0.508 e. The van der Waals surface area contributed by atoms with Crippen LogP contribution in [-0.4, -0.2) is 22.6 Å². The van der Waals surface area contributed by atoms with Crippen LogP contribution < -0.4 is 5.32 Å². The minimum atomic E-state index is -0.692. The Hall–Kier alpha value is -3.54. The minimum absolute atomic E-state index is 0.0197. The fourth-order valence-corrected chi connectivity index (χ4v) is 3.22. The molecule has 26 heavy (non-hydrogen) atoms. The summed E-state index contributed by atoms with van der Waals surface area (Å²) in [6.45, 7) is 0. The van der Waals surface area contributed by atoms with Gasteiger partial charge in [0.25, 0.3) is 0 Å². The Bertz CT molecular complexity index is 973. The highest BCUT2D eigenvalue weighted by Gasteiger charge is 2.36. The van der Waals surface area contributed by atoms with E-state index >= 15 is 0 Å². The summed E-state index contributed by atoms with van der Waals surface area (Å²) < 4.78 is 0. The summed E-state index contributed by atoms with van der Waals surface area (Å²) in [5.74, 6) is -0.139. The molecule has 2 aromatic rings. The maximum atomic E-state index is 12.4. The van der Waals surface area contributed by atoms with Gasteiger partial charge in [0.2, 0.25) is 0 Å². The van der Waals surface area contributed by atoms with E-state index in [-0.39, 0.29) is 17.4 Å². The van der Waals surface area contributed by atoms with Gasteiger partial charge in [-0.3, -0.25) is 9.79 Å². The molecule has 0 saturated carbocycles. The van der Waals surface area contributed by atoms with E-state index in [9.17, 15) is 14.8 Å². The zero-order valence-electron chi connectivity index (χ0n) is 13.7. The molecule has 6 heteroatoms. The minimum Gasteiger partial charge on any atom is -0.508 e. The summed E-state index contributed by atoms with van der Waals surface area (Å²) in [5, 5.41) is 15.4. The summed E-state index contributed by atoms with van der Waals surface area (Å²) in [6, 6.07) is 15.8. The summed E-state index contributed by atoms with van der Waals surface area (Å²) in [7, 11) is 0. The number of aromatic hydroxyl groups is 1. The van der Waals surface area contributed by atoms with E-state index < -0.39 is 6.04 Å². The van der Waals surface area contributed by atoms with E-state index in [1.165, 1.54) is 6.08 Å². The van der Waals surface area contributed by atoms with Crippen molar-refractivity contribution in [2.45, 2.75) is 12.5 Å². The first-order valence-electron chi connectivity index (χ1n) is 8.16. The van der Waals surface area contributed by atoms with Crippen LogP contribution in [0.15, 0.2) is 82.4 Å². The van der Waals surface area contributed by atoms with Crippen LogP contribution in [0.3, 0.4) is 0 Å². The highest BCUT2D eigenvalue weighted by molar-refractivity contribution is 6.29. The SMILES string of the molecule is O=NC1=CC(=O)C2N=C(Cc3ccccc3)C(c3ccc(O)cc3)=C2N1. The number of fused-ring (bicyclic) bond motifs is 1. The smallest absolute Gasteiger partial charge is 0.189 e.